The van der Waals surface area contributed by atoms with Gasteiger partial charge >= 0.3 is 0 Å². The highest BCUT2D eigenvalue weighted by molar-refractivity contribution is 5.85. The molecule has 142 valence electrons. The molecule has 2 N–H and O–H groups in total. The van der Waals surface area contributed by atoms with Crippen LogP contribution in [0.4, 0.5) is 0 Å². The minimum atomic E-state index is 0. The monoisotopic (exact) mass is 377 g/mol. The second-order valence-corrected chi connectivity index (χ2v) is 7.08. The van der Waals surface area contributed by atoms with Crippen LogP contribution in [0.1, 0.15) is 30.4 Å². The standard InChI is InChI=1S/C19H27N5O.ClH/c1-2-5-16(11-24-14-20-13-23-24)15(4-1)10-22-18-7-3-6-17(18)19-12-25-9-8-21-19;/h1-2,4-5,13-14,17-19,21-22H,3,6-12H2;1H. The third-order valence-corrected chi connectivity index (χ3v) is 5.51. The molecule has 1 saturated carbocycles. The Labute approximate surface area is 161 Å². The van der Waals surface area contributed by atoms with Gasteiger partial charge in [-0.1, -0.05) is 30.7 Å². The van der Waals surface area contributed by atoms with Crippen LogP contribution >= 0.6 is 12.4 Å². The van der Waals surface area contributed by atoms with Gasteiger partial charge < -0.3 is 15.4 Å². The largest absolute Gasteiger partial charge is 0.379 e. The summed E-state index contributed by atoms with van der Waals surface area (Å²) in [6, 6.07) is 9.67. The highest BCUT2D eigenvalue weighted by Gasteiger charge is 2.34. The molecule has 1 aliphatic carbocycles. The number of hydrogen-bond donors (Lipinski definition) is 2. The fourth-order valence-corrected chi connectivity index (χ4v) is 4.20. The minimum absolute atomic E-state index is 0. The van der Waals surface area contributed by atoms with E-state index < -0.39 is 0 Å². The molecule has 1 aliphatic heterocycles. The predicted octanol–water partition coefficient (Wildman–Crippen LogP) is 1.99. The van der Waals surface area contributed by atoms with Crippen LogP contribution in [0.2, 0.25) is 0 Å². The van der Waals surface area contributed by atoms with Crippen molar-refractivity contribution in [2.45, 2.75) is 44.4 Å². The Balaban J connectivity index is 0.00000196. The fourth-order valence-electron chi connectivity index (χ4n) is 4.20. The Hall–Kier alpha value is -1.47. The van der Waals surface area contributed by atoms with E-state index >= 15 is 0 Å². The number of nitrogens with zero attached hydrogens (tertiary/aromatic N) is 3. The number of nitrogens with one attached hydrogen (secondary N) is 2. The Bertz CT molecular complexity index is 660. The quantitative estimate of drug-likeness (QED) is 0.806. The van der Waals surface area contributed by atoms with Gasteiger partial charge in [0.15, 0.2) is 0 Å². The van der Waals surface area contributed by atoms with E-state index in [-0.39, 0.29) is 12.4 Å². The van der Waals surface area contributed by atoms with Crippen molar-refractivity contribution in [3.8, 4) is 0 Å². The molecule has 2 aromatic rings. The number of morpholine rings is 1. The van der Waals surface area contributed by atoms with Crippen LogP contribution in [0.5, 0.6) is 0 Å². The van der Waals surface area contributed by atoms with Crippen molar-refractivity contribution in [2.24, 2.45) is 5.92 Å². The predicted molar refractivity (Wildman–Crippen MR) is 103 cm³/mol. The molecule has 4 rings (SSSR count). The summed E-state index contributed by atoms with van der Waals surface area (Å²) in [7, 11) is 0. The van der Waals surface area contributed by atoms with Crippen LogP contribution in [-0.4, -0.2) is 46.6 Å². The number of rotatable bonds is 6. The average Bonchev–Trinajstić information content (AvgIpc) is 3.33. The molecule has 0 bridgehead atoms. The number of benzene rings is 1. The second-order valence-electron chi connectivity index (χ2n) is 7.08. The van der Waals surface area contributed by atoms with Crippen molar-refractivity contribution in [3.05, 3.63) is 48.0 Å². The SMILES string of the molecule is Cl.c1ccc(Cn2cncn2)c(CNC2CCCC2C2COCCN2)c1. The molecule has 2 fully saturated rings. The van der Waals surface area contributed by atoms with Gasteiger partial charge in [0, 0.05) is 25.2 Å². The van der Waals surface area contributed by atoms with Crippen molar-refractivity contribution in [1.29, 1.82) is 0 Å². The normalized spacial score (nSPS) is 25.8. The van der Waals surface area contributed by atoms with Crippen LogP contribution in [0.15, 0.2) is 36.9 Å². The van der Waals surface area contributed by atoms with E-state index in [9.17, 15) is 0 Å². The molecule has 0 amide bonds. The van der Waals surface area contributed by atoms with E-state index in [1.165, 1.54) is 30.4 Å². The van der Waals surface area contributed by atoms with Crippen molar-refractivity contribution in [1.82, 2.24) is 25.4 Å². The molecule has 0 radical (unpaired) electrons. The van der Waals surface area contributed by atoms with E-state index in [0.29, 0.717) is 18.0 Å². The summed E-state index contributed by atoms with van der Waals surface area (Å²) in [4.78, 5) is 4.04. The third kappa shape index (κ3) is 4.62. The summed E-state index contributed by atoms with van der Waals surface area (Å²) >= 11 is 0. The van der Waals surface area contributed by atoms with Gasteiger partial charge in [0.05, 0.1) is 19.8 Å². The maximum absolute atomic E-state index is 5.68. The van der Waals surface area contributed by atoms with Gasteiger partial charge in [0.25, 0.3) is 0 Å². The summed E-state index contributed by atoms with van der Waals surface area (Å²) < 4.78 is 7.55. The zero-order chi connectivity index (χ0) is 16.9. The Morgan fingerprint density at radius 1 is 1.23 bits per heavy atom. The lowest BCUT2D eigenvalue weighted by Crippen LogP contribution is -2.50. The first-order valence-electron chi connectivity index (χ1n) is 9.34. The molecule has 1 aromatic heterocycles. The fraction of sp³-hybridized carbons (Fsp3) is 0.579. The summed E-state index contributed by atoms with van der Waals surface area (Å²) in [6.45, 7) is 4.35. The zero-order valence-electron chi connectivity index (χ0n) is 15.0. The van der Waals surface area contributed by atoms with Crippen molar-refractivity contribution in [2.75, 3.05) is 19.8 Å². The number of hydrogen-bond acceptors (Lipinski definition) is 5. The van der Waals surface area contributed by atoms with Gasteiger partial charge in [-0.15, -0.1) is 12.4 Å². The molecule has 3 atom stereocenters. The highest BCUT2D eigenvalue weighted by atomic mass is 35.5. The molecule has 2 heterocycles. The first-order chi connectivity index (χ1) is 12.4. The number of ether oxygens (including phenoxy) is 1. The summed E-state index contributed by atoms with van der Waals surface area (Å²) in [5.41, 5.74) is 2.64. The van der Waals surface area contributed by atoms with Crippen molar-refractivity contribution < 1.29 is 4.74 Å². The zero-order valence-corrected chi connectivity index (χ0v) is 15.8. The maximum Gasteiger partial charge on any atom is 0.137 e. The molecule has 6 nitrogen and oxygen atoms in total. The van der Waals surface area contributed by atoms with E-state index in [4.69, 9.17) is 4.74 Å². The number of aromatic nitrogens is 3. The lowest BCUT2D eigenvalue weighted by molar-refractivity contribution is 0.0524. The maximum atomic E-state index is 5.68. The Kier molecular flexibility index (Phi) is 7.02. The molecule has 1 saturated heterocycles. The van der Waals surface area contributed by atoms with Crippen LogP contribution in [-0.2, 0) is 17.8 Å². The smallest absolute Gasteiger partial charge is 0.137 e. The van der Waals surface area contributed by atoms with Gasteiger partial charge in [0.1, 0.15) is 12.7 Å². The Morgan fingerprint density at radius 2 is 2.12 bits per heavy atom. The van der Waals surface area contributed by atoms with Crippen LogP contribution < -0.4 is 10.6 Å². The second kappa shape index (κ2) is 9.46. The molecule has 3 unspecified atom stereocenters. The van der Waals surface area contributed by atoms with Crippen LogP contribution in [0.3, 0.4) is 0 Å². The van der Waals surface area contributed by atoms with Gasteiger partial charge in [-0.2, -0.15) is 5.10 Å². The van der Waals surface area contributed by atoms with Crippen molar-refractivity contribution >= 4 is 12.4 Å². The van der Waals surface area contributed by atoms with Crippen LogP contribution in [0, 0.1) is 5.92 Å². The molecule has 1 aromatic carbocycles. The van der Waals surface area contributed by atoms with Gasteiger partial charge in [-0.25, -0.2) is 9.67 Å². The third-order valence-electron chi connectivity index (χ3n) is 5.51. The first kappa shape index (κ1) is 19.3. The molecular weight excluding hydrogens is 350 g/mol. The van der Waals surface area contributed by atoms with E-state index in [2.05, 4.69) is 45.0 Å². The first-order valence-corrected chi connectivity index (χ1v) is 9.34. The van der Waals surface area contributed by atoms with Gasteiger partial charge in [-0.3, -0.25) is 0 Å². The number of halogens is 1. The topological polar surface area (TPSA) is 64.0 Å². The lowest BCUT2D eigenvalue weighted by Gasteiger charge is -2.33. The minimum Gasteiger partial charge on any atom is -0.379 e. The van der Waals surface area contributed by atoms with Crippen LogP contribution in [0.25, 0.3) is 0 Å². The van der Waals surface area contributed by atoms with Crippen molar-refractivity contribution in [3.63, 3.8) is 0 Å². The Morgan fingerprint density at radius 3 is 2.88 bits per heavy atom. The molecular formula is C19H28ClN5O. The molecule has 7 heteroatoms. The van der Waals surface area contributed by atoms with E-state index in [1.54, 1.807) is 12.7 Å². The average molecular weight is 378 g/mol. The molecule has 2 aliphatic rings. The van der Waals surface area contributed by atoms with Gasteiger partial charge in [-0.05, 0) is 29.9 Å². The summed E-state index contributed by atoms with van der Waals surface area (Å²) in [5.74, 6) is 0.669. The van der Waals surface area contributed by atoms with Gasteiger partial charge in [0.2, 0.25) is 0 Å². The highest BCUT2D eigenvalue weighted by Crippen LogP contribution is 2.29. The lowest BCUT2D eigenvalue weighted by atomic mass is 9.93. The summed E-state index contributed by atoms with van der Waals surface area (Å²) in [6.07, 6.45) is 7.21. The molecule has 26 heavy (non-hydrogen) atoms. The summed E-state index contributed by atoms with van der Waals surface area (Å²) in [5, 5.41) is 11.7. The van der Waals surface area contributed by atoms with E-state index in [0.717, 1.165) is 32.8 Å². The molecule has 0 spiro atoms. The van der Waals surface area contributed by atoms with E-state index in [1.807, 2.05) is 4.68 Å².